The van der Waals surface area contributed by atoms with Gasteiger partial charge in [-0.1, -0.05) is 74.6 Å². The number of carbonyl (C=O) groups is 3. The number of benzene rings is 3. The normalized spacial score (nSPS) is 17.6. The molecule has 3 aliphatic rings. The highest BCUT2D eigenvalue weighted by Crippen LogP contribution is 2.46. The van der Waals surface area contributed by atoms with E-state index in [4.69, 9.17) is 5.11 Å². The largest absolute Gasteiger partial charge is 0.481 e. The van der Waals surface area contributed by atoms with E-state index in [9.17, 15) is 14.4 Å². The summed E-state index contributed by atoms with van der Waals surface area (Å²) < 4.78 is 2.47. The highest BCUT2D eigenvalue weighted by Gasteiger charge is 2.43. The summed E-state index contributed by atoms with van der Waals surface area (Å²) in [7, 11) is 0. The number of anilines is 1. The van der Waals surface area contributed by atoms with Crippen LogP contribution in [0.15, 0.2) is 66.7 Å². The van der Waals surface area contributed by atoms with Crippen LogP contribution in [-0.4, -0.2) is 33.0 Å². The van der Waals surface area contributed by atoms with Crippen molar-refractivity contribution in [1.82, 2.24) is 9.88 Å². The van der Waals surface area contributed by atoms with E-state index < -0.39 is 11.5 Å². The zero-order valence-corrected chi connectivity index (χ0v) is 26.4. The van der Waals surface area contributed by atoms with E-state index in [-0.39, 0.29) is 18.2 Å². The Bertz CT molecular complexity index is 1780. The van der Waals surface area contributed by atoms with Gasteiger partial charge in [-0.3, -0.25) is 14.4 Å². The number of carboxylic acids is 1. The number of hydrogen-bond acceptors (Lipinski definition) is 3. The van der Waals surface area contributed by atoms with E-state index in [0.717, 1.165) is 43.3 Å². The van der Waals surface area contributed by atoms with Gasteiger partial charge in [0, 0.05) is 40.7 Å². The summed E-state index contributed by atoms with van der Waals surface area (Å²) in [6.07, 6.45) is 11.8. The van der Waals surface area contributed by atoms with E-state index >= 15 is 0 Å². The lowest BCUT2D eigenvalue weighted by Crippen LogP contribution is -2.55. The van der Waals surface area contributed by atoms with Gasteiger partial charge < -0.3 is 20.3 Å². The molecule has 0 unspecified atom stereocenters. The number of nitrogens with zero attached hydrogens (tertiary/aromatic N) is 1. The van der Waals surface area contributed by atoms with Crippen LogP contribution in [-0.2, 0) is 29.0 Å². The second kappa shape index (κ2) is 12.8. The fourth-order valence-electron chi connectivity index (χ4n) is 8.18. The van der Waals surface area contributed by atoms with E-state index in [2.05, 4.69) is 51.6 Å². The molecule has 7 nitrogen and oxygen atoms in total. The second-order valence-corrected chi connectivity index (χ2v) is 13.5. The quantitative estimate of drug-likeness (QED) is 0.187. The van der Waals surface area contributed by atoms with Gasteiger partial charge in [0.05, 0.1) is 5.69 Å². The van der Waals surface area contributed by atoms with E-state index in [0.29, 0.717) is 36.4 Å². The van der Waals surface area contributed by atoms with Crippen LogP contribution < -0.4 is 10.6 Å². The minimum atomic E-state index is -0.976. The van der Waals surface area contributed by atoms with Crippen LogP contribution in [0.4, 0.5) is 5.69 Å². The maximum atomic E-state index is 14.0. The van der Waals surface area contributed by atoms with Crippen LogP contribution in [0.2, 0.25) is 0 Å². The van der Waals surface area contributed by atoms with Gasteiger partial charge in [-0.2, -0.15) is 0 Å². The molecule has 46 heavy (non-hydrogen) atoms. The standard InChI is InChI=1S/C39H43N3O4/c43-34(44)21-16-26-14-18-30(19-15-26)40-38(46)39(22-6-7-23-39)41-37(45)29-17-20-32-33(25-29)42-24-8-12-27-9-4-5-13-31(27)36(42)35(32)28-10-2-1-3-11-28/h4-5,9,13-15,17-20,25,28H,1-3,6-8,10-12,16,21-24H2,(H,40,46)(H,41,45)(H,43,44). The molecule has 0 radical (unpaired) electrons. The molecule has 3 N–H and O–H groups in total. The lowest BCUT2D eigenvalue weighted by atomic mass is 9.81. The molecule has 2 aliphatic carbocycles. The lowest BCUT2D eigenvalue weighted by Gasteiger charge is -2.29. The fourth-order valence-corrected chi connectivity index (χ4v) is 8.18. The average molecular weight is 618 g/mol. The molecule has 2 heterocycles. The molecule has 7 rings (SSSR count). The first-order valence-corrected chi connectivity index (χ1v) is 17.1. The van der Waals surface area contributed by atoms with Crippen molar-refractivity contribution in [2.75, 3.05) is 5.32 Å². The molecule has 1 aliphatic heterocycles. The van der Waals surface area contributed by atoms with Gasteiger partial charge in [-0.25, -0.2) is 0 Å². The molecule has 0 bridgehead atoms. The number of carboxylic acid groups (broad SMARTS) is 1. The van der Waals surface area contributed by atoms with Crippen LogP contribution in [0, 0.1) is 0 Å². The maximum absolute atomic E-state index is 14.0. The minimum Gasteiger partial charge on any atom is -0.481 e. The van der Waals surface area contributed by atoms with Crippen molar-refractivity contribution in [2.24, 2.45) is 0 Å². The first-order chi connectivity index (χ1) is 22.4. The van der Waals surface area contributed by atoms with Crippen LogP contribution in [0.3, 0.4) is 0 Å². The molecule has 3 aromatic carbocycles. The number of amides is 2. The molecule has 2 saturated carbocycles. The monoisotopic (exact) mass is 617 g/mol. The van der Waals surface area contributed by atoms with Gasteiger partial charge in [0.15, 0.2) is 0 Å². The Labute approximate surface area is 270 Å². The number of fused-ring (bicyclic) bond motifs is 5. The molecule has 2 amide bonds. The van der Waals surface area contributed by atoms with Crippen molar-refractivity contribution in [3.8, 4) is 11.3 Å². The van der Waals surface area contributed by atoms with E-state index in [1.165, 1.54) is 59.9 Å². The van der Waals surface area contributed by atoms with Crippen LogP contribution in [0.1, 0.15) is 104 Å². The minimum absolute atomic E-state index is 0.0634. The first kappa shape index (κ1) is 30.3. The number of aromatic nitrogens is 1. The summed E-state index contributed by atoms with van der Waals surface area (Å²) in [5, 5.41) is 16.4. The Morgan fingerprint density at radius 3 is 2.39 bits per heavy atom. The van der Waals surface area contributed by atoms with Gasteiger partial charge in [0.2, 0.25) is 5.91 Å². The number of hydrogen-bond donors (Lipinski definition) is 3. The van der Waals surface area contributed by atoms with Gasteiger partial charge in [-0.05, 0) is 91.8 Å². The average Bonchev–Trinajstić information content (AvgIpc) is 3.62. The summed E-state index contributed by atoms with van der Waals surface area (Å²) >= 11 is 0. The molecular formula is C39H43N3O4. The molecule has 238 valence electrons. The third-order valence-electron chi connectivity index (χ3n) is 10.6. The Morgan fingerprint density at radius 2 is 1.63 bits per heavy atom. The number of aryl methyl sites for hydroxylation is 3. The number of aliphatic carboxylic acids is 1. The summed E-state index contributed by atoms with van der Waals surface area (Å²) in [4.78, 5) is 38.6. The molecule has 1 aromatic heterocycles. The van der Waals surface area contributed by atoms with E-state index in [1.807, 2.05) is 18.2 Å². The predicted molar refractivity (Wildman–Crippen MR) is 181 cm³/mol. The number of rotatable bonds is 8. The second-order valence-electron chi connectivity index (χ2n) is 13.5. The first-order valence-electron chi connectivity index (χ1n) is 17.1. The Balaban J connectivity index is 1.18. The molecule has 0 atom stereocenters. The van der Waals surface area contributed by atoms with Crippen molar-refractivity contribution in [1.29, 1.82) is 0 Å². The third kappa shape index (κ3) is 5.83. The molecule has 4 aromatic rings. The van der Waals surface area contributed by atoms with Crippen molar-refractivity contribution < 1.29 is 19.5 Å². The highest BCUT2D eigenvalue weighted by molar-refractivity contribution is 6.06. The predicted octanol–water partition coefficient (Wildman–Crippen LogP) is 8.00. The topological polar surface area (TPSA) is 100 Å². The van der Waals surface area contributed by atoms with Gasteiger partial charge in [0.1, 0.15) is 5.54 Å². The van der Waals surface area contributed by atoms with Crippen molar-refractivity contribution in [2.45, 2.75) is 101 Å². The molecule has 7 heteroatoms. The smallest absolute Gasteiger partial charge is 0.303 e. The third-order valence-corrected chi connectivity index (χ3v) is 10.6. The number of nitrogens with one attached hydrogen (secondary N) is 2. The van der Waals surface area contributed by atoms with E-state index in [1.54, 1.807) is 12.1 Å². The molecule has 2 fully saturated rings. The summed E-state index contributed by atoms with van der Waals surface area (Å²) in [5.41, 5.74) is 7.80. The van der Waals surface area contributed by atoms with Crippen LogP contribution in [0.5, 0.6) is 0 Å². The van der Waals surface area contributed by atoms with Crippen molar-refractivity contribution >= 4 is 34.4 Å². The Hall–Kier alpha value is -4.39. The SMILES string of the molecule is O=C(O)CCc1ccc(NC(=O)C2(NC(=O)c3ccc4c(C5CCCCC5)c5n(c4c3)CCCc3ccccc3-5)CCCC2)cc1. The molecular weight excluding hydrogens is 574 g/mol. The van der Waals surface area contributed by atoms with Crippen LogP contribution in [0.25, 0.3) is 22.2 Å². The summed E-state index contributed by atoms with van der Waals surface area (Å²) in [6, 6.07) is 22.3. The summed E-state index contributed by atoms with van der Waals surface area (Å²) in [6.45, 7) is 0.916. The lowest BCUT2D eigenvalue weighted by molar-refractivity contribution is -0.137. The Morgan fingerprint density at radius 1 is 0.870 bits per heavy atom. The maximum Gasteiger partial charge on any atom is 0.303 e. The molecule has 0 spiro atoms. The summed E-state index contributed by atoms with van der Waals surface area (Å²) in [5.74, 6) is -0.731. The number of carbonyl (C=O) groups excluding carboxylic acids is 2. The van der Waals surface area contributed by atoms with Crippen LogP contribution >= 0.6 is 0 Å². The van der Waals surface area contributed by atoms with Crippen molar-refractivity contribution in [3.05, 3.63) is 89.0 Å². The molecule has 0 saturated heterocycles. The van der Waals surface area contributed by atoms with Crippen molar-refractivity contribution in [3.63, 3.8) is 0 Å². The highest BCUT2D eigenvalue weighted by atomic mass is 16.4. The Kier molecular flexibility index (Phi) is 8.41. The van der Waals surface area contributed by atoms with Gasteiger partial charge in [0.25, 0.3) is 5.91 Å². The zero-order valence-electron chi connectivity index (χ0n) is 26.4. The fraction of sp³-hybridized carbons (Fsp3) is 0.410. The van der Waals surface area contributed by atoms with Gasteiger partial charge >= 0.3 is 5.97 Å². The van der Waals surface area contributed by atoms with Gasteiger partial charge in [-0.15, -0.1) is 0 Å². The zero-order chi connectivity index (χ0) is 31.7.